The first-order chi connectivity index (χ1) is 13.0. The van der Waals surface area contributed by atoms with Crippen molar-refractivity contribution in [2.45, 2.75) is 6.42 Å². The lowest BCUT2D eigenvalue weighted by molar-refractivity contribution is 0.0697. The van der Waals surface area contributed by atoms with E-state index in [1.807, 2.05) is 6.07 Å². The maximum absolute atomic E-state index is 12.7. The van der Waals surface area contributed by atoms with Gasteiger partial charge in [0, 0.05) is 27.4 Å². The molecule has 0 aliphatic heterocycles. The predicted octanol–water partition coefficient (Wildman–Crippen LogP) is 5.80. The number of carboxylic acid groups (broad SMARTS) is 1. The molecule has 2 aromatic carbocycles. The van der Waals surface area contributed by atoms with Crippen molar-refractivity contribution in [3.63, 3.8) is 0 Å². The van der Waals surface area contributed by atoms with E-state index in [9.17, 15) is 14.7 Å². The van der Waals surface area contributed by atoms with Crippen LogP contribution >= 0.6 is 34.3 Å². The van der Waals surface area contributed by atoms with Gasteiger partial charge in [-0.1, -0.05) is 23.7 Å². The van der Waals surface area contributed by atoms with Gasteiger partial charge in [0.1, 0.15) is 0 Å². The third-order valence-electron chi connectivity index (χ3n) is 4.21. The minimum Gasteiger partial charge on any atom is -0.478 e. The number of Topliss-reactive ketones (excluding diaryl/α,β-unsaturated/α-hetero) is 1. The molecule has 0 amide bonds. The monoisotopic (exact) mass is 413 g/mol. The number of aromatic nitrogens is 1. The maximum Gasteiger partial charge on any atom is 0.337 e. The fourth-order valence-corrected chi connectivity index (χ4v) is 4.71. The van der Waals surface area contributed by atoms with Crippen molar-refractivity contribution in [2.24, 2.45) is 0 Å². The summed E-state index contributed by atoms with van der Waals surface area (Å²) in [5.41, 5.74) is 4.57. The number of hydrogen-bond acceptors (Lipinski definition) is 5. The van der Waals surface area contributed by atoms with Crippen LogP contribution in [0.4, 0.5) is 0 Å². The zero-order valence-corrected chi connectivity index (χ0v) is 16.2. The minimum absolute atomic E-state index is 0.0372. The zero-order chi connectivity index (χ0) is 19.0. The predicted molar refractivity (Wildman–Crippen MR) is 109 cm³/mol. The molecule has 0 spiro atoms. The molecule has 0 aliphatic carbocycles. The number of carbonyl (C=O) groups is 2. The average molecular weight is 414 g/mol. The van der Waals surface area contributed by atoms with Crippen LogP contribution in [0.1, 0.15) is 25.6 Å². The van der Waals surface area contributed by atoms with Crippen LogP contribution in [0.5, 0.6) is 0 Å². The van der Waals surface area contributed by atoms with Gasteiger partial charge >= 0.3 is 5.97 Å². The molecule has 27 heavy (non-hydrogen) atoms. The topological polar surface area (TPSA) is 67.3 Å². The Morgan fingerprint density at radius 2 is 1.85 bits per heavy atom. The number of aromatic carboxylic acids is 1. The number of ketones is 1. The van der Waals surface area contributed by atoms with Crippen LogP contribution in [-0.2, 0) is 6.42 Å². The number of carboxylic acids is 1. The summed E-state index contributed by atoms with van der Waals surface area (Å²) in [6.07, 6.45) is 0.0372. The second-order valence-electron chi connectivity index (χ2n) is 5.89. The number of thiophene rings is 1. The molecule has 4 rings (SSSR count). The van der Waals surface area contributed by atoms with E-state index in [1.54, 1.807) is 47.3 Å². The van der Waals surface area contributed by atoms with Gasteiger partial charge in [-0.05, 0) is 41.3 Å². The van der Waals surface area contributed by atoms with Gasteiger partial charge in [0.15, 0.2) is 5.78 Å². The highest BCUT2D eigenvalue weighted by atomic mass is 35.5. The van der Waals surface area contributed by atoms with Crippen molar-refractivity contribution in [3.8, 4) is 11.1 Å². The molecular formula is C20H12ClNO3S2. The van der Waals surface area contributed by atoms with Gasteiger partial charge in [-0.2, -0.15) is 0 Å². The summed E-state index contributed by atoms with van der Waals surface area (Å²) in [5, 5.41) is 12.1. The Bertz CT molecular complexity index is 1160. The number of fused-ring (bicyclic) bond motifs is 1. The van der Waals surface area contributed by atoms with Crippen LogP contribution in [0.2, 0.25) is 5.02 Å². The molecule has 0 bridgehead atoms. The van der Waals surface area contributed by atoms with Gasteiger partial charge in [0.2, 0.25) is 0 Å². The van der Waals surface area contributed by atoms with Gasteiger partial charge in [0.05, 0.1) is 21.3 Å². The van der Waals surface area contributed by atoms with Crippen molar-refractivity contribution in [3.05, 3.63) is 74.4 Å². The number of benzene rings is 2. The van der Waals surface area contributed by atoms with Gasteiger partial charge in [0.25, 0.3) is 0 Å². The Morgan fingerprint density at radius 1 is 1.07 bits per heavy atom. The highest BCUT2D eigenvalue weighted by Crippen LogP contribution is 2.33. The quantitative estimate of drug-likeness (QED) is 0.420. The summed E-state index contributed by atoms with van der Waals surface area (Å²) >= 11 is 8.71. The molecule has 0 fully saturated rings. The fourth-order valence-electron chi connectivity index (χ4n) is 2.88. The molecule has 2 aromatic heterocycles. The summed E-state index contributed by atoms with van der Waals surface area (Å²) in [6.45, 7) is 0. The van der Waals surface area contributed by atoms with Crippen LogP contribution in [0.25, 0.3) is 21.3 Å². The summed E-state index contributed by atoms with van der Waals surface area (Å²) < 4.78 is 1.01. The van der Waals surface area contributed by atoms with E-state index in [2.05, 4.69) is 4.98 Å². The van der Waals surface area contributed by atoms with E-state index in [-0.39, 0.29) is 17.8 Å². The maximum atomic E-state index is 12.7. The second kappa shape index (κ2) is 7.23. The number of thiazole rings is 1. The van der Waals surface area contributed by atoms with Crippen LogP contribution in [0.3, 0.4) is 0 Å². The summed E-state index contributed by atoms with van der Waals surface area (Å²) in [5.74, 6) is -1.17. The lowest BCUT2D eigenvalue weighted by Gasteiger charge is -2.04. The Hall–Kier alpha value is -2.54. The van der Waals surface area contributed by atoms with Gasteiger partial charge < -0.3 is 5.11 Å². The molecule has 7 heteroatoms. The molecule has 0 unspecified atom stereocenters. The van der Waals surface area contributed by atoms with Crippen LogP contribution in [0, 0.1) is 0 Å². The SMILES string of the molecule is O=C(Cc1scc(-c2ccc(Cl)cc2)c1C(=O)O)c1ccc2scnc2c1. The van der Waals surface area contributed by atoms with E-state index in [4.69, 9.17) is 11.6 Å². The molecular weight excluding hydrogens is 402 g/mol. The summed E-state index contributed by atoms with van der Waals surface area (Å²) in [4.78, 5) is 29.3. The Morgan fingerprint density at radius 3 is 2.59 bits per heavy atom. The number of nitrogens with zero attached hydrogens (tertiary/aromatic N) is 1. The lowest BCUT2D eigenvalue weighted by Crippen LogP contribution is -2.07. The Labute approximate surface area is 167 Å². The first-order valence-corrected chi connectivity index (χ1v) is 10.1. The Kier molecular flexibility index (Phi) is 4.78. The summed E-state index contributed by atoms with van der Waals surface area (Å²) in [7, 11) is 0. The normalized spacial score (nSPS) is 11.0. The standard InChI is InChI=1S/C20H12ClNO3S2/c21-13-4-1-11(2-5-13)14-9-26-18(19(14)20(24)25)8-16(23)12-3-6-17-15(7-12)22-10-27-17/h1-7,9-10H,8H2,(H,24,25). The third kappa shape index (κ3) is 3.51. The largest absolute Gasteiger partial charge is 0.478 e. The molecule has 2 heterocycles. The van der Waals surface area contributed by atoms with Crippen LogP contribution in [0.15, 0.2) is 53.4 Å². The van der Waals surface area contributed by atoms with E-state index in [0.717, 1.165) is 15.8 Å². The van der Waals surface area contributed by atoms with E-state index >= 15 is 0 Å². The van der Waals surface area contributed by atoms with Gasteiger partial charge in [-0.3, -0.25) is 4.79 Å². The molecule has 134 valence electrons. The number of halogens is 1. The minimum atomic E-state index is -1.04. The van der Waals surface area contributed by atoms with Crippen LogP contribution < -0.4 is 0 Å². The molecule has 0 saturated carbocycles. The first-order valence-electron chi connectivity index (χ1n) is 7.99. The molecule has 0 radical (unpaired) electrons. The van der Waals surface area contributed by atoms with Crippen molar-refractivity contribution in [2.75, 3.05) is 0 Å². The second-order valence-corrected chi connectivity index (χ2v) is 8.18. The van der Waals surface area contributed by atoms with Crippen LogP contribution in [-0.4, -0.2) is 21.8 Å². The highest BCUT2D eigenvalue weighted by molar-refractivity contribution is 7.16. The van der Waals surface area contributed by atoms with Crippen molar-refractivity contribution >= 4 is 56.2 Å². The fraction of sp³-hybridized carbons (Fsp3) is 0.0500. The number of carbonyl (C=O) groups excluding carboxylic acids is 1. The molecule has 1 N–H and O–H groups in total. The molecule has 0 aliphatic rings. The van der Waals surface area contributed by atoms with Crippen molar-refractivity contribution in [1.82, 2.24) is 4.98 Å². The molecule has 0 atom stereocenters. The molecule has 4 aromatic rings. The lowest BCUT2D eigenvalue weighted by atomic mass is 10.00. The van der Waals surface area contributed by atoms with E-state index in [0.29, 0.717) is 21.0 Å². The molecule has 4 nitrogen and oxygen atoms in total. The zero-order valence-electron chi connectivity index (χ0n) is 13.8. The van der Waals surface area contributed by atoms with Gasteiger partial charge in [-0.25, -0.2) is 9.78 Å². The van der Waals surface area contributed by atoms with Crippen molar-refractivity contribution in [1.29, 1.82) is 0 Å². The van der Waals surface area contributed by atoms with Crippen molar-refractivity contribution < 1.29 is 14.7 Å². The third-order valence-corrected chi connectivity index (χ3v) is 6.26. The Balaban J connectivity index is 1.68. The first kappa shape index (κ1) is 17.9. The average Bonchev–Trinajstić information content (AvgIpc) is 3.28. The number of hydrogen-bond donors (Lipinski definition) is 1. The summed E-state index contributed by atoms with van der Waals surface area (Å²) in [6, 6.07) is 12.4. The van der Waals surface area contributed by atoms with Gasteiger partial charge in [-0.15, -0.1) is 22.7 Å². The van der Waals surface area contributed by atoms with E-state index < -0.39 is 5.97 Å². The highest BCUT2D eigenvalue weighted by Gasteiger charge is 2.22. The smallest absolute Gasteiger partial charge is 0.337 e. The van der Waals surface area contributed by atoms with E-state index in [1.165, 1.54) is 22.7 Å². The molecule has 0 saturated heterocycles. The number of rotatable bonds is 5.